The van der Waals surface area contributed by atoms with E-state index in [-0.39, 0.29) is 25.1 Å². The van der Waals surface area contributed by atoms with Gasteiger partial charge in [0.1, 0.15) is 17.3 Å². The van der Waals surface area contributed by atoms with Gasteiger partial charge in [0.15, 0.2) is 6.61 Å². The third-order valence-electron chi connectivity index (χ3n) is 5.30. The summed E-state index contributed by atoms with van der Waals surface area (Å²) in [6.45, 7) is 0.980. The number of nitrogens with zero attached hydrogens (tertiary/aromatic N) is 6. The summed E-state index contributed by atoms with van der Waals surface area (Å²) in [6, 6.07) is 17.6. The molecule has 8 nitrogen and oxygen atoms in total. The second kappa shape index (κ2) is 8.81. The van der Waals surface area contributed by atoms with E-state index in [1.165, 1.54) is 4.80 Å². The molecule has 2 aromatic heterocycles. The minimum Gasteiger partial charge on any atom is -0.485 e. The second-order valence-electron chi connectivity index (χ2n) is 7.46. The van der Waals surface area contributed by atoms with Gasteiger partial charge in [0.25, 0.3) is 0 Å². The van der Waals surface area contributed by atoms with Crippen LogP contribution in [0.15, 0.2) is 54.6 Å². The van der Waals surface area contributed by atoms with Crippen LogP contribution in [0.4, 0.5) is 0 Å². The summed E-state index contributed by atoms with van der Waals surface area (Å²) in [4.78, 5) is 21.2. The zero-order chi connectivity index (χ0) is 21.0. The zero-order valence-electron chi connectivity index (χ0n) is 16.9. The molecular weight excluding hydrogens is 412 g/mol. The summed E-state index contributed by atoms with van der Waals surface area (Å²) in [6.07, 6.45) is 3.01. The molecule has 0 radical (unpaired) electrons. The molecule has 2 aromatic carbocycles. The van der Waals surface area contributed by atoms with Crippen LogP contribution >= 0.6 is 11.3 Å². The third kappa shape index (κ3) is 4.41. The Morgan fingerprint density at radius 3 is 2.81 bits per heavy atom. The molecule has 1 amide bonds. The molecule has 0 N–H and O–H groups in total. The summed E-state index contributed by atoms with van der Waals surface area (Å²) < 4.78 is 6.80. The Labute approximate surface area is 183 Å². The lowest BCUT2D eigenvalue weighted by Crippen LogP contribution is -2.40. The van der Waals surface area contributed by atoms with Crippen molar-refractivity contribution in [1.82, 2.24) is 30.1 Å². The van der Waals surface area contributed by atoms with Crippen LogP contribution in [0.3, 0.4) is 0 Å². The van der Waals surface area contributed by atoms with E-state index in [1.54, 1.807) is 11.3 Å². The maximum atomic E-state index is 13.1. The number of amides is 1. The van der Waals surface area contributed by atoms with Crippen molar-refractivity contribution < 1.29 is 9.53 Å². The number of para-hydroxylation sites is 2. The zero-order valence-corrected chi connectivity index (χ0v) is 17.7. The highest BCUT2D eigenvalue weighted by atomic mass is 32.1. The Kier molecular flexibility index (Phi) is 5.57. The molecule has 158 valence electrons. The molecular formula is C22H22N6O2S. The number of thiazole rings is 1. The van der Waals surface area contributed by atoms with Crippen LogP contribution in [-0.2, 0) is 17.9 Å². The fourth-order valence-corrected chi connectivity index (χ4v) is 4.91. The monoisotopic (exact) mass is 434 g/mol. The van der Waals surface area contributed by atoms with Gasteiger partial charge in [-0.1, -0.05) is 30.3 Å². The van der Waals surface area contributed by atoms with E-state index in [0.717, 1.165) is 46.8 Å². The quantitative estimate of drug-likeness (QED) is 0.461. The number of likely N-dealkylation sites (tertiary alicyclic amines) is 1. The first-order valence-electron chi connectivity index (χ1n) is 10.4. The fraction of sp³-hybridized carbons (Fsp3) is 0.318. The van der Waals surface area contributed by atoms with E-state index in [9.17, 15) is 4.79 Å². The van der Waals surface area contributed by atoms with Crippen molar-refractivity contribution >= 4 is 27.5 Å². The number of fused-ring (bicyclic) bond motifs is 1. The molecule has 9 heteroatoms. The lowest BCUT2D eigenvalue weighted by Gasteiger charge is -2.34. The van der Waals surface area contributed by atoms with Crippen molar-refractivity contribution in [2.24, 2.45) is 0 Å². The first kappa shape index (κ1) is 19.6. The predicted octanol–water partition coefficient (Wildman–Crippen LogP) is 3.62. The highest BCUT2D eigenvalue weighted by Crippen LogP contribution is 2.35. The normalized spacial score (nSPS) is 16.5. The van der Waals surface area contributed by atoms with Gasteiger partial charge >= 0.3 is 0 Å². The second-order valence-corrected chi connectivity index (χ2v) is 8.52. The smallest absolute Gasteiger partial charge is 0.246 e. The van der Waals surface area contributed by atoms with Crippen LogP contribution in [-0.4, -0.2) is 42.5 Å². The molecule has 3 heterocycles. The highest BCUT2D eigenvalue weighted by Gasteiger charge is 2.30. The number of ether oxygens (including phenoxy) is 1. The maximum absolute atomic E-state index is 13.1. The molecule has 0 aliphatic carbocycles. The van der Waals surface area contributed by atoms with Crippen molar-refractivity contribution in [3.63, 3.8) is 0 Å². The summed E-state index contributed by atoms with van der Waals surface area (Å²) in [5, 5.41) is 13.3. The van der Waals surface area contributed by atoms with Gasteiger partial charge in [-0.05, 0) is 48.7 Å². The Balaban J connectivity index is 1.26. The Hall–Kier alpha value is -3.33. The van der Waals surface area contributed by atoms with E-state index in [2.05, 4.69) is 21.5 Å². The average Bonchev–Trinajstić information content (AvgIpc) is 3.45. The van der Waals surface area contributed by atoms with Crippen molar-refractivity contribution in [1.29, 1.82) is 0 Å². The molecule has 0 saturated carbocycles. The van der Waals surface area contributed by atoms with Gasteiger partial charge in [-0.15, -0.1) is 21.5 Å². The van der Waals surface area contributed by atoms with Crippen molar-refractivity contribution in [3.05, 3.63) is 65.4 Å². The van der Waals surface area contributed by atoms with Crippen LogP contribution < -0.4 is 4.74 Å². The third-order valence-corrected chi connectivity index (χ3v) is 6.44. The number of hydrogen-bond donors (Lipinski definition) is 0. The molecule has 1 atom stereocenters. The molecule has 0 spiro atoms. The minimum absolute atomic E-state index is 0.00283. The van der Waals surface area contributed by atoms with Crippen LogP contribution in [0.25, 0.3) is 10.2 Å². The molecule has 31 heavy (non-hydrogen) atoms. The summed E-state index contributed by atoms with van der Waals surface area (Å²) in [5.41, 5.74) is 0.987. The molecule has 0 bridgehead atoms. The number of benzene rings is 2. The molecule has 5 rings (SSSR count). The predicted molar refractivity (Wildman–Crippen MR) is 117 cm³/mol. The van der Waals surface area contributed by atoms with Crippen molar-refractivity contribution in [3.8, 4) is 5.75 Å². The number of carbonyl (C=O) groups excluding carboxylic acids is 1. The number of tetrazole rings is 1. The topological polar surface area (TPSA) is 86.0 Å². The van der Waals surface area contributed by atoms with Crippen LogP contribution in [0.1, 0.15) is 36.1 Å². The first-order valence-corrected chi connectivity index (χ1v) is 11.2. The van der Waals surface area contributed by atoms with Gasteiger partial charge in [-0.25, -0.2) is 4.98 Å². The number of carbonyl (C=O) groups is 1. The molecule has 1 aliphatic heterocycles. The standard InChI is InChI=1S/C22H22N6O2S/c29-21(14-28-25-20(24-26-28)15-30-16-8-2-1-3-9-16)27-13-7-6-11-18(27)22-23-17-10-4-5-12-19(17)31-22/h1-5,8-10,12,18H,6-7,11,13-15H2/t18-/m1/s1. The molecule has 0 unspecified atom stereocenters. The van der Waals surface area contributed by atoms with E-state index in [4.69, 9.17) is 9.72 Å². The lowest BCUT2D eigenvalue weighted by molar-refractivity contribution is -0.136. The number of aromatic nitrogens is 5. The van der Waals surface area contributed by atoms with Crippen molar-refractivity contribution in [2.75, 3.05) is 6.54 Å². The number of hydrogen-bond acceptors (Lipinski definition) is 7. The van der Waals surface area contributed by atoms with Gasteiger partial charge in [-0.2, -0.15) is 4.80 Å². The number of piperidine rings is 1. The van der Waals surface area contributed by atoms with Crippen LogP contribution in [0.5, 0.6) is 5.75 Å². The summed E-state index contributed by atoms with van der Waals surface area (Å²) in [5.74, 6) is 1.16. The summed E-state index contributed by atoms with van der Waals surface area (Å²) >= 11 is 1.67. The Bertz CT molecular complexity index is 1140. The van der Waals surface area contributed by atoms with Gasteiger partial charge in [0, 0.05) is 6.54 Å². The van der Waals surface area contributed by atoms with Gasteiger partial charge in [0.05, 0.1) is 16.3 Å². The van der Waals surface area contributed by atoms with Gasteiger partial charge in [0.2, 0.25) is 11.7 Å². The SMILES string of the molecule is O=C(Cn1nnc(COc2ccccc2)n1)N1CCCC[C@@H]1c1nc2ccccc2s1. The van der Waals surface area contributed by atoms with E-state index >= 15 is 0 Å². The van der Waals surface area contributed by atoms with Gasteiger partial charge < -0.3 is 9.64 Å². The fourth-order valence-electron chi connectivity index (χ4n) is 3.80. The van der Waals surface area contributed by atoms with E-state index in [0.29, 0.717) is 5.82 Å². The Morgan fingerprint density at radius 1 is 1.10 bits per heavy atom. The number of rotatable bonds is 6. The van der Waals surface area contributed by atoms with Crippen molar-refractivity contribution in [2.45, 2.75) is 38.5 Å². The molecule has 1 aliphatic rings. The molecule has 1 fully saturated rings. The first-order chi connectivity index (χ1) is 15.3. The highest BCUT2D eigenvalue weighted by molar-refractivity contribution is 7.18. The van der Waals surface area contributed by atoms with Crippen LogP contribution in [0, 0.1) is 0 Å². The molecule has 1 saturated heterocycles. The van der Waals surface area contributed by atoms with E-state index < -0.39 is 0 Å². The summed E-state index contributed by atoms with van der Waals surface area (Å²) in [7, 11) is 0. The minimum atomic E-state index is -0.0168. The maximum Gasteiger partial charge on any atom is 0.246 e. The lowest BCUT2D eigenvalue weighted by atomic mass is 10.0. The average molecular weight is 435 g/mol. The molecule has 4 aromatic rings. The Morgan fingerprint density at radius 2 is 1.94 bits per heavy atom. The largest absolute Gasteiger partial charge is 0.485 e. The van der Waals surface area contributed by atoms with Gasteiger partial charge in [-0.3, -0.25) is 4.79 Å². The van der Waals surface area contributed by atoms with E-state index in [1.807, 2.05) is 53.4 Å². The van der Waals surface area contributed by atoms with Crippen LogP contribution in [0.2, 0.25) is 0 Å².